The molecule has 1 aromatic heterocycles. The van der Waals surface area contributed by atoms with Gasteiger partial charge >= 0.3 is 5.97 Å². The lowest BCUT2D eigenvalue weighted by Gasteiger charge is -1.98. The van der Waals surface area contributed by atoms with E-state index in [0.717, 1.165) is 6.07 Å². The third-order valence-corrected chi connectivity index (χ3v) is 2.05. The topological polar surface area (TPSA) is 86.2 Å². The molecule has 0 atom stereocenters. The maximum atomic E-state index is 13.0. The van der Waals surface area contributed by atoms with E-state index in [-0.39, 0.29) is 5.69 Å². The lowest BCUT2D eigenvalue weighted by Crippen LogP contribution is -1.95. The van der Waals surface area contributed by atoms with Gasteiger partial charge in [-0.3, -0.25) is 5.10 Å². The number of halogens is 1. The third kappa shape index (κ3) is 1.72. The largest absolute Gasteiger partial charge is 0.505 e. The molecule has 0 spiro atoms. The smallest absolute Gasteiger partial charge is 0.353 e. The number of aromatic carboxylic acids is 1. The second-order valence-electron chi connectivity index (χ2n) is 3.14. The molecule has 0 saturated carbocycles. The van der Waals surface area contributed by atoms with E-state index in [4.69, 9.17) is 10.2 Å². The molecule has 0 fully saturated rings. The standard InChI is InChI=1S/C10H7FN2O3/c11-6-3-5(1-2-9(6)14)7-4-8(10(15)16)13-12-7/h1-4,14H,(H,12,13)(H,15,16). The number of aromatic nitrogens is 2. The molecule has 16 heavy (non-hydrogen) atoms. The van der Waals surface area contributed by atoms with Gasteiger partial charge in [0.05, 0.1) is 5.69 Å². The molecule has 2 rings (SSSR count). The number of hydrogen-bond acceptors (Lipinski definition) is 3. The zero-order chi connectivity index (χ0) is 11.7. The Labute approximate surface area is 89.2 Å². The summed E-state index contributed by atoms with van der Waals surface area (Å²) in [6.45, 7) is 0. The van der Waals surface area contributed by atoms with Gasteiger partial charge < -0.3 is 10.2 Å². The Morgan fingerprint density at radius 3 is 2.69 bits per heavy atom. The predicted molar refractivity (Wildman–Crippen MR) is 52.6 cm³/mol. The molecule has 5 nitrogen and oxygen atoms in total. The first kappa shape index (κ1) is 10.2. The molecule has 0 aliphatic carbocycles. The minimum Gasteiger partial charge on any atom is -0.505 e. The number of H-pyrrole nitrogens is 1. The lowest BCUT2D eigenvalue weighted by atomic mass is 10.1. The van der Waals surface area contributed by atoms with Crippen LogP contribution in [-0.2, 0) is 0 Å². The van der Waals surface area contributed by atoms with Gasteiger partial charge in [-0.2, -0.15) is 5.10 Å². The number of rotatable bonds is 2. The van der Waals surface area contributed by atoms with Crippen LogP contribution in [0.3, 0.4) is 0 Å². The van der Waals surface area contributed by atoms with E-state index in [9.17, 15) is 9.18 Å². The number of carboxylic acids is 1. The van der Waals surface area contributed by atoms with Crippen LogP contribution in [0.4, 0.5) is 4.39 Å². The summed E-state index contributed by atoms with van der Waals surface area (Å²) in [5.74, 6) is -2.38. The van der Waals surface area contributed by atoms with Crippen molar-refractivity contribution in [2.24, 2.45) is 0 Å². The highest BCUT2D eigenvalue weighted by molar-refractivity contribution is 5.86. The van der Waals surface area contributed by atoms with E-state index in [1.165, 1.54) is 18.2 Å². The number of benzene rings is 1. The maximum absolute atomic E-state index is 13.0. The van der Waals surface area contributed by atoms with E-state index < -0.39 is 17.5 Å². The molecule has 1 aromatic carbocycles. The first-order valence-electron chi connectivity index (χ1n) is 4.35. The molecule has 0 amide bonds. The molecular formula is C10H7FN2O3. The normalized spacial score (nSPS) is 10.3. The summed E-state index contributed by atoms with van der Waals surface area (Å²) in [4.78, 5) is 10.6. The average molecular weight is 222 g/mol. The Bertz CT molecular complexity index is 551. The highest BCUT2D eigenvalue weighted by atomic mass is 19.1. The minimum absolute atomic E-state index is 0.0801. The number of aromatic hydroxyl groups is 1. The van der Waals surface area contributed by atoms with Crippen molar-refractivity contribution in [3.05, 3.63) is 35.8 Å². The van der Waals surface area contributed by atoms with Gasteiger partial charge in [0, 0.05) is 5.56 Å². The second-order valence-corrected chi connectivity index (χ2v) is 3.14. The molecule has 0 bridgehead atoms. The predicted octanol–water partition coefficient (Wildman–Crippen LogP) is 1.62. The number of hydrogen-bond donors (Lipinski definition) is 3. The van der Waals surface area contributed by atoms with Crippen LogP contribution < -0.4 is 0 Å². The Kier molecular flexibility index (Phi) is 2.32. The van der Waals surface area contributed by atoms with Crippen LogP contribution in [0.2, 0.25) is 0 Å². The molecule has 0 saturated heterocycles. The average Bonchev–Trinajstić information content (AvgIpc) is 2.71. The maximum Gasteiger partial charge on any atom is 0.353 e. The van der Waals surface area contributed by atoms with E-state index in [1.54, 1.807) is 0 Å². The minimum atomic E-state index is -1.14. The molecule has 0 aliphatic rings. The summed E-state index contributed by atoms with van der Waals surface area (Å²) in [5.41, 5.74) is 0.610. The van der Waals surface area contributed by atoms with Crippen molar-refractivity contribution < 1.29 is 19.4 Å². The molecular weight excluding hydrogens is 215 g/mol. The summed E-state index contributed by atoms with van der Waals surface area (Å²) >= 11 is 0. The van der Waals surface area contributed by atoms with Crippen LogP contribution in [0, 0.1) is 5.82 Å². The molecule has 1 heterocycles. The quantitative estimate of drug-likeness (QED) is 0.720. The van der Waals surface area contributed by atoms with Crippen LogP contribution >= 0.6 is 0 Å². The SMILES string of the molecule is O=C(O)c1cc(-c2ccc(O)c(F)c2)n[nH]1. The molecule has 2 aromatic rings. The Hall–Kier alpha value is -2.37. The Morgan fingerprint density at radius 2 is 2.12 bits per heavy atom. The van der Waals surface area contributed by atoms with E-state index in [1.807, 2.05) is 0 Å². The van der Waals surface area contributed by atoms with Gasteiger partial charge in [0.25, 0.3) is 0 Å². The van der Waals surface area contributed by atoms with Gasteiger partial charge in [0.2, 0.25) is 0 Å². The summed E-state index contributed by atoms with van der Waals surface area (Å²) in [5, 5.41) is 23.7. The first-order chi connectivity index (χ1) is 7.58. The fraction of sp³-hybridized carbons (Fsp3) is 0. The number of phenolic OH excluding ortho intramolecular Hbond substituents is 1. The molecule has 3 N–H and O–H groups in total. The Morgan fingerprint density at radius 1 is 1.38 bits per heavy atom. The van der Waals surface area contributed by atoms with Crippen molar-refractivity contribution >= 4 is 5.97 Å². The fourth-order valence-electron chi connectivity index (χ4n) is 1.25. The number of carboxylic acid groups (broad SMARTS) is 1. The van der Waals surface area contributed by atoms with Gasteiger partial charge in [-0.1, -0.05) is 0 Å². The zero-order valence-corrected chi connectivity index (χ0v) is 7.94. The van der Waals surface area contributed by atoms with Gasteiger partial charge in [-0.25, -0.2) is 9.18 Å². The van der Waals surface area contributed by atoms with Crippen molar-refractivity contribution in [2.45, 2.75) is 0 Å². The number of phenols is 1. The number of aromatic amines is 1. The summed E-state index contributed by atoms with van der Waals surface area (Å²) in [6, 6.07) is 4.99. The molecule has 0 aliphatic heterocycles. The van der Waals surface area contributed by atoms with Crippen LogP contribution in [0.15, 0.2) is 24.3 Å². The molecule has 0 unspecified atom stereocenters. The zero-order valence-electron chi connectivity index (χ0n) is 7.94. The van der Waals surface area contributed by atoms with E-state index >= 15 is 0 Å². The Balaban J connectivity index is 2.42. The van der Waals surface area contributed by atoms with Crippen LogP contribution in [-0.4, -0.2) is 26.4 Å². The number of nitrogens with one attached hydrogen (secondary N) is 1. The van der Waals surface area contributed by atoms with Crippen LogP contribution in [0.1, 0.15) is 10.5 Å². The molecule has 6 heteroatoms. The van der Waals surface area contributed by atoms with Gasteiger partial charge in [-0.05, 0) is 24.3 Å². The molecule has 82 valence electrons. The van der Waals surface area contributed by atoms with Crippen molar-refractivity contribution in [3.8, 4) is 17.0 Å². The fourth-order valence-corrected chi connectivity index (χ4v) is 1.25. The highest BCUT2D eigenvalue weighted by Crippen LogP contribution is 2.23. The van der Waals surface area contributed by atoms with Crippen molar-refractivity contribution in [1.82, 2.24) is 10.2 Å². The summed E-state index contributed by atoms with van der Waals surface area (Å²) in [7, 11) is 0. The monoisotopic (exact) mass is 222 g/mol. The number of nitrogens with zero attached hydrogens (tertiary/aromatic N) is 1. The van der Waals surface area contributed by atoms with Crippen molar-refractivity contribution in [2.75, 3.05) is 0 Å². The van der Waals surface area contributed by atoms with Crippen molar-refractivity contribution in [3.63, 3.8) is 0 Å². The summed E-state index contributed by atoms with van der Waals surface area (Å²) in [6.07, 6.45) is 0. The number of carbonyl (C=O) groups is 1. The van der Waals surface area contributed by atoms with Crippen LogP contribution in [0.5, 0.6) is 5.75 Å². The highest BCUT2D eigenvalue weighted by Gasteiger charge is 2.10. The molecule has 0 radical (unpaired) electrons. The van der Waals surface area contributed by atoms with Crippen molar-refractivity contribution in [1.29, 1.82) is 0 Å². The summed E-state index contributed by atoms with van der Waals surface area (Å²) < 4.78 is 13.0. The van der Waals surface area contributed by atoms with E-state index in [2.05, 4.69) is 10.2 Å². The van der Waals surface area contributed by atoms with Gasteiger partial charge in [0.1, 0.15) is 5.69 Å². The van der Waals surface area contributed by atoms with Gasteiger partial charge in [0.15, 0.2) is 11.6 Å². The first-order valence-corrected chi connectivity index (χ1v) is 4.35. The third-order valence-electron chi connectivity index (χ3n) is 2.05. The van der Waals surface area contributed by atoms with Gasteiger partial charge in [-0.15, -0.1) is 0 Å². The lowest BCUT2D eigenvalue weighted by molar-refractivity contribution is 0.0690. The second kappa shape index (κ2) is 3.65. The van der Waals surface area contributed by atoms with E-state index in [0.29, 0.717) is 11.3 Å². The van der Waals surface area contributed by atoms with Crippen LogP contribution in [0.25, 0.3) is 11.3 Å².